The summed E-state index contributed by atoms with van der Waals surface area (Å²) in [5, 5.41) is 3.36. The Morgan fingerprint density at radius 1 is 1.30 bits per heavy atom. The summed E-state index contributed by atoms with van der Waals surface area (Å²) >= 11 is 0. The van der Waals surface area contributed by atoms with E-state index in [0.717, 1.165) is 25.1 Å². The fourth-order valence-corrected chi connectivity index (χ4v) is 2.86. The number of nitrogens with one attached hydrogen (secondary N) is 1. The minimum absolute atomic E-state index is 0.329. The minimum atomic E-state index is -0.529. The lowest BCUT2D eigenvalue weighted by Crippen LogP contribution is -2.24. The molecule has 0 spiro atoms. The number of fused-ring (bicyclic) bond motifs is 1. The molecule has 0 unspecified atom stereocenters. The Morgan fingerprint density at radius 3 is 2.96 bits per heavy atom. The Morgan fingerprint density at radius 2 is 2.17 bits per heavy atom. The second-order valence-corrected chi connectivity index (χ2v) is 5.50. The summed E-state index contributed by atoms with van der Waals surface area (Å²) in [6, 6.07) is 11.3. The molecule has 23 heavy (non-hydrogen) atoms. The highest BCUT2D eigenvalue weighted by Gasteiger charge is 2.15. The van der Waals surface area contributed by atoms with Crippen LogP contribution in [0.25, 0.3) is 0 Å². The van der Waals surface area contributed by atoms with Crippen LogP contribution < -0.4 is 20.5 Å². The number of hydrogen-bond acceptors (Lipinski definition) is 4. The van der Waals surface area contributed by atoms with Gasteiger partial charge >= 0.3 is 0 Å². The van der Waals surface area contributed by atoms with E-state index in [1.807, 2.05) is 6.07 Å². The summed E-state index contributed by atoms with van der Waals surface area (Å²) in [5.41, 5.74) is 9.55. The van der Waals surface area contributed by atoms with E-state index in [9.17, 15) is 4.79 Å². The molecule has 3 rings (SSSR count). The third-order valence-corrected chi connectivity index (χ3v) is 4.07. The van der Waals surface area contributed by atoms with Crippen molar-refractivity contribution in [3.8, 4) is 11.5 Å². The second-order valence-electron chi connectivity index (χ2n) is 5.50. The summed E-state index contributed by atoms with van der Waals surface area (Å²) in [5.74, 6) is 0.525. The van der Waals surface area contributed by atoms with Gasteiger partial charge in [-0.3, -0.25) is 4.79 Å². The highest BCUT2D eigenvalue weighted by atomic mass is 16.5. The van der Waals surface area contributed by atoms with Crippen LogP contribution in [0.3, 0.4) is 0 Å². The molecule has 120 valence electrons. The number of hydrogen-bond donors (Lipinski definition) is 2. The van der Waals surface area contributed by atoms with Gasteiger partial charge in [-0.05, 0) is 47.9 Å². The van der Waals surface area contributed by atoms with E-state index in [2.05, 4.69) is 17.4 Å². The van der Waals surface area contributed by atoms with Crippen molar-refractivity contribution in [2.24, 2.45) is 5.73 Å². The Balaban J connectivity index is 1.83. The van der Waals surface area contributed by atoms with E-state index in [4.69, 9.17) is 15.2 Å². The predicted molar refractivity (Wildman–Crippen MR) is 87.7 cm³/mol. The quantitative estimate of drug-likeness (QED) is 0.886. The number of carbonyl (C=O) groups is 1. The number of amides is 1. The molecule has 1 heterocycles. The topological polar surface area (TPSA) is 73.6 Å². The molecule has 0 bridgehead atoms. The van der Waals surface area contributed by atoms with Gasteiger partial charge in [-0.1, -0.05) is 18.2 Å². The van der Waals surface area contributed by atoms with Crippen molar-refractivity contribution in [2.75, 3.05) is 13.7 Å². The van der Waals surface area contributed by atoms with Gasteiger partial charge in [-0.2, -0.15) is 0 Å². The van der Waals surface area contributed by atoms with E-state index in [0.29, 0.717) is 23.7 Å². The normalized spacial score (nSPS) is 13.3. The van der Waals surface area contributed by atoms with E-state index < -0.39 is 5.91 Å². The zero-order chi connectivity index (χ0) is 16.2. The molecule has 0 aliphatic carbocycles. The number of nitrogens with two attached hydrogens (primary N) is 1. The van der Waals surface area contributed by atoms with Crippen molar-refractivity contribution >= 4 is 5.91 Å². The van der Waals surface area contributed by atoms with Gasteiger partial charge in [-0.15, -0.1) is 0 Å². The molecule has 2 aromatic carbocycles. The average molecular weight is 312 g/mol. The molecule has 0 radical (unpaired) electrons. The molecule has 0 saturated heterocycles. The van der Waals surface area contributed by atoms with E-state index in [1.165, 1.54) is 11.1 Å². The monoisotopic (exact) mass is 312 g/mol. The van der Waals surface area contributed by atoms with Crippen LogP contribution in [0.2, 0.25) is 0 Å². The molecule has 1 aliphatic rings. The summed E-state index contributed by atoms with van der Waals surface area (Å²) in [6.45, 7) is 2.27. The lowest BCUT2D eigenvalue weighted by atomic mass is 9.96. The van der Waals surface area contributed by atoms with Crippen molar-refractivity contribution in [1.82, 2.24) is 5.32 Å². The van der Waals surface area contributed by atoms with E-state index in [1.54, 1.807) is 25.3 Å². The molecule has 0 fully saturated rings. The van der Waals surface area contributed by atoms with Crippen molar-refractivity contribution in [1.29, 1.82) is 0 Å². The highest BCUT2D eigenvalue weighted by molar-refractivity contribution is 5.96. The van der Waals surface area contributed by atoms with Gasteiger partial charge in [0.05, 0.1) is 12.7 Å². The summed E-state index contributed by atoms with van der Waals surface area (Å²) in [4.78, 5) is 11.6. The first kappa shape index (κ1) is 15.4. The molecule has 5 nitrogen and oxygen atoms in total. The zero-order valence-corrected chi connectivity index (χ0v) is 13.1. The van der Waals surface area contributed by atoms with Gasteiger partial charge < -0.3 is 20.5 Å². The molecule has 0 aromatic heterocycles. The summed E-state index contributed by atoms with van der Waals surface area (Å²) < 4.78 is 11.0. The van der Waals surface area contributed by atoms with Gasteiger partial charge in [-0.25, -0.2) is 0 Å². The van der Waals surface area contributed by atoms with Crippen molar-refractivity contribution in [3.05, 3.63) is 58.7 Å². The first-order valence-electron chi connectivity index (χ1n) is 7.60. The Kier molecular flexibility index (Phi) is 4.48. The van der Waals surface area contributed by atoms with Gasteiger partial charge in [0.2, 0.25) is 0 Å². The van der Waals surface area contributed by atoms with Crippen molar-refractivity contribution in [3.63, 3.8) is 0 Å². The third kappa shape index (κ3) is 3.29. The lowest BCUT2D eigenvalue weighted by molar-refractivity contribution is 0.0995. The number of methoxy groups -OCH3 is 1. The predicted octanol–water partition coefficient (Wildman–Crippen LogP) is 2.02. The molecule has 1 aliphatic heterocycles. The van der Waals surface area contributed by atoms with Crippen LogP contribution in [0.5, 0.6) is 11.5 Å². The van der Waals surface area contributed by atoms with Crippen LogP contribution in [0, 0.1) is 0 Å². The maximum absolute atomic E-state index is 11.6. The molecular weight excluding hydrogens is 292 g/mol. The number of benzene rings is 2. The minimum Gasteiger partial charge on any atom is -0.497 e. The van der Waals surface area contributed by atoms with Gasteiger partial charge in [0.15, 0.2) is 0 Å². The van der Waals surface area contributed by atoms with Crippen LogP contribution >= 0.6 is 0 Å². The molecule has 1 amide bonds. The van der Waals surface area contributed by atoms with Crippen molar-refractivity contribution < 1.29 is 14.3 Å². The van der Waals surface area contributed by atoms with Gasteiger partial charge in [0.25, 0.3) is 5.91 Å². The number of ether oxygens (including phenoxy) is 2. The Hall–Kier alpha value is -2.53. The maximum Gasteiger partial charge on any atom is 0.252 e. The molecular formula is C18H20N2O3. The first-order chi connectivity index (χ1) is 11.2. The van der Waals surface area contributed by atoms with Gasteiger partial charge in [0.1, 0.15) is 18.1 Å². The van der Waals surface area contributed by atoms with E-state index in [-0.39, 0.29) is 0 Å². The third-order valence-electron chi connectivity index (χ3n) is 4.07. The first-order valence-corrected chi connectivity index (χ1v) is 7.60. The average Bonchev–Trinajstić information content (AvgIpc) is 2.59. The summed E-state index contributed by atoms with van der Waals surface area (Å²) in [6.07, 6.45) is 0.986. The number of primary amides is 1. The Bertz CT molecular complexity index is 728. The second kappa shape index (κ2) is 6.71. The van der Waals surface area contributed by atoms with Crippen LogP contribution in [0.15, 0.2) is 36.4 Å². The SMILES string of the molecule is COc1ccc(OCc2cccc3c2CCNC3)c(C(N)=O)c1. The van der Waals surface area contributed by atoms with Crippen LogP contribution in [0.4, 0.5) is 0 Å². The van der Waals surface area contributed by atoms with E-state index >= 15 is 0 Å². The fraction of sp³-hybridized carbons (Fsp3) is 0.278. The smallest absolute Gasteiger partial charge is 0.252 e. The largest absolute Gasteiger partial charge is 0.497 e. The number of rotatable bonds is 5. The molecule has 5 heteroatoms. The van der Waals surface area contributed by atoms with Crippen LogP contribution in [0.1, 0.15) is 27.0 Å². The molecule has 2 aromatic rings. The zero-order valence-electron chi connectivity index (χ0n) is 13.1. The maximum atomic E-state index is 11.6. The van der Waals surface area contributed by atoms with Crippen LogP contribution in [-0.4, -0.2) is 19.6 Å². The molecule has 0 atom stereocenters. The van der Waals surface area contributed by atoms with Crippen LogP contribution in [-0.2, 0) is 19.6 Å². The fourth-order valence-electron chi connectivity index (χ4n) is 2.86. The molecule has 3 N–H and O–H groups in total. The Labute approximate surface area is 135 Å². The van der Waals surface area contributed by atoms with Crippen molar-refractivity contribution in [2.45, 2.75) is 19.6 Å². The summed E-state index contributed by atoms with van der Waals surface area (Å²) in [7, 11) is 1.55. The lowest BCUT2D eigenvalue weighted by Gasteiger charge is -2.20. The van der Waals surface area contributed by atoms with Gasteiger partial charge in [0, 0.05) is 6.54 Å². The molecule has 0 saturated carbocycles. The number of carbonyl (C=O) groups excluding carboxylic acids is 1. The highest BCUT2D eigenvalue weighted by Crippen LogP contribution is 2.26. The standard InChI is InChI=1S/C18H20N2O3/c1-22-14-5-6-17(16(9-14)18(19)21)23-11-13-4-2-3-12-10-20-8-7-15(12)13/h2-6,9,20H,7-8,10-11H2,1H3,(H2,19,21).